The molecule has 0 saturated carbocycles. The van der Waals surface area contributed by atoms with Gasteiger partial charge < -0.3 is 9.88 Å². The normalized spacial score (nSPS) is 10.2. The highest BCUT2D eigenvalue weighted by molar-refractivity contribution is 6.03. The highest BCUT2D eigenvalue weighted by Crippen LogP contribution is 2.05. The van der Waals surface area contributed by atoms with Crippen molar-refractivity contribution in [3.63, 3.8) is 0 Å². The van der Waals surface area contributed by atoms with Crippen LogP contribution in [0, 0.1) is 0 Å². The summed E-state index contributed by atoms with van der Waals surface area (Å²) in [6, 6.07) is 3.15. The third kappa shape index (κ3) is 2.25. The van der Waals surface area contributed by atoms with Crippen LogP contribution < -0.4 is 10.9 Å². The number of nitrogens with zero attached hydrogens (tertiary/aromatic N) is 3. The van der Waals surface area contributed by atoms with Crippen LogP contribution in [-0.4, -0.2) is 20.3 Å². The van der Waals surface area contributed by atoms with Gasteiger partial charge in [0.15, 0.2) is 0 Å². The highest BCUT2D eigenvalue weighted by atomic mass is 16.2. The third-order valence-electron chi connectivity index (χ3n) is 2.33. The van der Waals surface area contributed by atoms with Gasteiger partial charge in [0, 0.05) is 26.5 Å². The van der Waals surface area contributed by atoms with Crippen molar-refractivity contribution in [1.82, 2.24) is 14.3 Å². The van der Waals surface area contributed by atoms with Crippen molar-refractivity contribution in [2.45, 2.75) is 0 Å². The Bertz CT molecular complexity index is 612. The average Bonchev–Trinajstić information content (AvgIpc) is 2.68. The van der Waals surface area contributed by atoms with Gasteiger partial charge >= 0.3 is 0 Å². The minimum absolute atomic E-state index is 0.110. The summed E-state index contributed by atoms with van der Waals surface area (Å²) in [6.45, 7) is 0. The Labute approximate surface area is 97.5 Å². The van der Waals surface area contributed by atoms with Crippen molar-refractivity contribution < 1.29 is 4.79 Å². The van der Waals surface area contributed by atoms with E-state index in [4.69, 9.17) is 0 Å². The van der Waals surface area contributed by atoms with E-state index in [1.165, 1.54) is 16.8 Å². The van der Waals surface area contributed by atoms with Crippen molar-refractivity contribution in [2.24, 2.45) is 14.1 Å². The first-order valence-electron chi connectivity index (χ1n) is 5.03. The molecule has 2 aromatic heterocycles. The molecular weight excluding hydrogens is 220 g/mol. The molecule has 2 rings (SSSR count). The van der Waals surface area contributed by atoms with Gasteiger partial charge in [0.1, 0.15) is 5.56 Å². The van der Waals surface area contributed by atoms with Gasteiger partial charge in [-0.25, -0.2) is 0 Å². The fraction of sp³-hybridized carbons (Fsp3) is 0.182. The lowest BCUT2D eigenvalue weighted by molar-refractivity contribution is 0.102. The number of aryl methyl sites for hydroxylation is 2. The second kappa shape index (κ2) is 4.25. The van der Waals surface area contributed by atoms with Crippen molar-refractivity contribution in [1.29, 1.82) is 0 Å². The van der Waals surface area contributed by atoms with Gasteiger partial charge in [-0.2, -0.15) is 5.10 Å². The number of nitrogens with one attached hydrogen (secondary N) is 1. The highest BCUT2D eigenvalue weighted by Gasteiger charge is 2.11. The van der Waals surface area contributed by atoms with E-state index < -0.39 is 5.91 Å². The van der Waals surface area contributed by atoms with E-state index in [0.717, 1.165) is 0 Å². The second-order valence-electron chi connectivity index (χ2n) is 3.69. The minimum atomic E-state index is -0.431. The van der Waals surface area contributed by atoms with Crippen LogP contribution in [0.1, 0.15) is 10.4 Å². The molecule has 0 spiro atoms. The average molecular weight is 232 g/mol. The van der Waals surface area contributed by atoms with Crippen LogP contribution in [0.3, 0.4) is 0 Å². The zero-order valence-corrected chi connectivity index (χ0v) is 9.54. The molecule has 0 fully saturated rings. The molecular formula is C11H12N4O2. The maximum absolute atomic E-state index is 11.8. The van der Waals surface area contributed by atoms with Crippen molar-refractivity contribution >= 4 is 11.6 Å². The van der Waals surface area contributed by atoms with Gasteiger partial charge in [-0.15, -0.1) is 0 Å². The number of amides is 1. The van der Waals surface area contributed by atoms with E-state index in [2.05, 4.69) is 10.4 Å². The molecule has 2 aromatic rings. The van der Waals surface area contributed by atoms with Crippen molar-refractivity contribution in [3.05, 3.63) is 46.6 Å². The number of aromatic nitrogens is 3. The van der Waals surface area contributed by atoms with Gasteiger partial charge in [-0.05, 0) is 12.1 Å². The van der Waals surface area contributed by atoms with Crippen LogP contribution >= 0.6 is 0 Å². The number of pyridine rings is 1. The van der Waals surface area contributed by atoms with Crippen molar-refractivity contribution in [3.8, 4) is 0 Å². The SMILES string of the molecule is Cn1cc(NC(=O)c2cccn(C)c2=O)cn1. The third-order valence-corrected chi connectivity index (χ3v) is 2.33. The van der Waals surface area contributed by atoms with E-state index in [9.17, 15) is 9.59 Å². The molecule has 0 aromatic carbocycles. The monoisotopic (exact) mass is 232 g/mol. The molecule has 6 heteroatoms. The molecule has 1 N–H and O–H groups in total. The summed E-state index contributed by atoms with van der Waals surface area (Å²) in [4.78, 5) is 23.5. The molecule has 0 saturated heterocycles. The zero-order chi connectivity index (χ0) is 12.4. The van der Waals surface area contributed by atoms with Gasteiger partial charge in [0.2, 0.25) is 0 Å². The molecule has 1 amide bonds. The minimum Gasteiger partial charge on any atom is -0.319 e. The maximum atomic E-state index is 11.8. The van der Waals surface area contributed by atoms with Gasteiger partial charge in [0.25, 0.3) is 11.5 Å². The zero-order valence-electron chi connectivity index (χ0n) is 9.54. The largest absolute Gasteiger partial charge is 0.319 e. The first kappa shape index (κ1) is 11.1. The standard InChI is InChI=1S/C11H12N4O2/c1-14-5-3-4-9(11(14)17)10(16)13-8-6-12-15(2)7-8/h3-7H,1-2H3,(H,13,16). The van der Waals surface area contributed by atoms with Crippen molar-refractivity contribution in [2.75, 3.05) is 5.32 Å². The molecule has 17 heavy (non-hydrogen) atoms. The summed E-state index contributed by atoms with van der Waals surface area (Å²) in [5, 5.41) is 6.53. The smallest absolute Gasteiger partial charge is 0.263 e. The Balaban J connectivity index is 2.26. The molecule has 0 atom stereocenters. The topological polar surface area (TPSA) is 68.9 Å². The molecule has 2 heterocycles. The van der Waals surface area contributed by atoms with Crippen LogP contribution in [0.4, 0.5) is 5.69 Å². The summed E-state index contributed by atoms with van der Waals surface area (Å²) in [5.74, 6) is -0.431. The number of anilines is 1. The van der Waals surface area contributed by atoms with Gasteiger partial charge in [-0.1, -0.05) is 0 Å². The van der Waals surface area contributed by atoms with E-state index in [0.29, 0.717) is 5.69 Å². The molecule has 88 valence electrons. The summed E-state index contributed by atoms with van der Waals surface area (Å²) < 4.78 is 2.93. The first-order chi connectivity index (χ1) is 8.08. The molecule has 6 nitrogen and oxygen atoms in total. The molecule has 0 unspecified atom stereocenters. The molecule has 0 aliphatic carbocycles. The number of hydrogen-bond acceptors (Lipinski definition) is 3. The number of carbonyl (C=O) groups excluding carboxylic acids is 1. The van der Waals surface area contributed by atoms with Crippen LogP contribution in [0.25, 0.3) is 0 Å². The molecule has 0 aliphatic rings. The molecule has 0 radical (unpaired) electrons. The Morgan fingerprint density at radius 2 is 2.18 bits per heavy atom. The lowest BCUT2D eigenvalue weighted by Gasteiger charge is -2.03. The summed E-state index contributed by atoms with van der Waals surface area (Å²) in [7, 11) is 3.35. The Kier molecular flexibility index (Phi) is 2.78. The summed E-state index contributed by atoms with van der Waals surface area (Å²) in [6.07, 6.45) is 4.78. The molecule has 0 bridgehead atoms. The number of hydrogen-bond donors (Lipinski definition) is 1. The fourth-order valence-electron chi connectivity index (χ4n) is 1.45. The first-order valence-corrected chi connectivity index (χ1v) is 5.03. The molecule has 0 aliphatic heterocycles. The number of rotatable bonds is 2. The number of carbonyl (C=O) groups is 1. The van der Waals surface area contributed by atoms with E-state index in [1.54, 1.807) is 37.2 Å². The predicted octanol–water partition coefficient (Wildman–Crippen LogP) is 0.371. The Hall–Kier alpha value is -2.37. The van der Waals surface area contributed by atoms with Crippen LogP contribution in [0.15, 0.2) is 35.5 Å². The van der Waals surface area contributed by atoms with Gasteiger partial charge in [-0.3, -0.25) is 14.3 Å². The maximum Gasteiger partial charge on any atom is 0.263 e. The lowest BCUT2D eigenvalue weighted by atomic mass is 10.2. The fourth-order valence-corrected chi connectivity index (χ4v) is 1.45. The Morgan fingerprint density at radius 1 is 1.41 bits per heavy atom. The van der Waals surface area contributed by atoms with E-state index >= 15 is 0 Å². The quantitative estimate of drug-likeness (QED) is 0.813. The lowest BCUT2D eigenvalue weighted by Crippen LogP contribution is -2.26. The van der Waals surface area contributed by atoms with E-state index in [-0.39, 0.29) is 11.1 Å². The second-order valence-corrected chi connectivity index (χ2v) is 3.69. The Morgan fingerprint density at radius 3 is 2.82 bits per heavy atom. The predicted molar refractivity (Wildman–Crippen MR) is 62.8 cm³/mol. The van der Waals surface area contributed by atoms with E-state index in [1.807, 2.05) is 0 Å². The summed E-state index contributed by atoms with van der Waals surface area (Å²) in [5.41, 5.74) is 0.344. The van der Waals surface area contributed by atoms with Crippen LogP contribution in [0.5, 0.6) is 0 Å². The van der Waals surface area contributed by atoms with Gasteiger partial charge in [0.05, 0.1) is 11.9 Å². The van der Waals surface area contributed by atoms with Crippen LogP contribution in [-0.2, 0) is 14.1 Å². The summed E-state index contributed by atoms with van der Waals surface area (Å²) >= 11 is 0. The van der Waals surface area contributed by atoms with Crippen LogP contribution in [0.2, 0.25) is 0 Å².